The molecule has 0 aliphatic carbocycles. The van der Waals surface area contributed by atoms with Gasteiger partial charge in [0, 0.05) is 60.6 Å². The second-order valence-electron chi connectivity index (χ2n) is 9.12. The zero-order valence-corrected chi connectivity index (χ0v) is 25.3. The van der Waals surface area contributed by atoms with E-state index in [-0.39, 0.29) is 11.3 Å². The van der Waals surface area contributed by atoms with Crippen molar-refractivity contribution < 1.29 is 23.0 Å². The first-order valence-corrected chi connectivity index (χ1v) is 14.0. The summed E-state index contributed by atoms with van der Waals surface area (Å²) in [5, 5.41) is 10.3. The number of nitrogens with zero attached hydrogens (tertiary/aromatic N) is 4. The molecule has 0 unspecified atom stereocenters. The largest absolute Gasteiger partial charge is 0.497 e. The van der Waals surface area contributed by atoms with Crippen molar-refractivity contribution in [2.45, 2.75) is 26.0 Å². The van der Waals surface area contributed by atoms with E-state index in [0.29, 0.717) is 29.3 Å². The normalized spacial score (nSPS) is 10.8. The maximum atomic E-state index is 13.1. The second kappa shape index (κ2) is 14.4. The molecule has 12 heteroatoms. The number of amides is 1. The molecule has 2 N–H and O–H groups in total. The SMILES string of the molecule is CC.COc1ccc(CNc2ccc(-c3cc(C(=O)Nc4ccc(OC(F)(F)Cl)cc4)cnc3-c3ccnn3C)cn2)cc1. The van der Waals surface area contributed by atoms with Crippen LogP contribution in [0.4, 0.5) is 20.3 Å². The van der Waals surface area contributed by atoms with E-state index in [2.05, 4.69) is 30.4 Å². The van der Waals surface area contributed by atoms with Crippen LogP contribution in [-0.2, 0) is 13.6 Å². The minimum Gasteiger partial charge on any atom is -0.497 e. The predicted octanol–water partition coefficient (Wildman–Crippen LogP) is 7.61. The molecule has 0 aliphatic rings. The molecule has 0 atom stereocenters. The van der Waals surface area contributed by atoms with Crippen molar-refractivity contribution in [3.8, 4) is 34.0 Å². The van der Waals surface area contributed by atoms with Crippen molar-refractivity contribution >= 4 is 29.0 Å². The van der Waals surface area contributed by atoms with E-state index in [0.717, 1.165) is 22.6 Å². The number of rotatable bonds is 10. The highest BCUT2D eigenvalue weighted by molar-refractivity contribution is 6.20. The van der Waals surface area contributed by atoms with E-state index < -0.39 is 11.5 Å². The molecule has 0 fully saturated rings. The molecular weight excluding hydrogens is 590 g/mol. The lowest BCUT2D eigenvalue weighted by Gasteiger charge is -2.13. The van der Waals surface area contributed by atoms with Crippen LogP contribution in [0, 0.1) is 0 Å². The van der Waals surface area contributed by atoms with Gasteiger partial charge in [0.05, 0.1) is 24.1 Å². The number of ether oxygens (including phenoxy) is 2. The summed E-state index contributed by atoms with van der Waals surface area (Å²) in [7, 11) is 3.43. The number of hydrogen-bond acceptors (Lipinski definition) is 7. The van der Waals surface area contributed by atoms with E-state index in [9.17, 15) is 13.6 Å². The molecule has 0 radical (unpaired) electrons. The van der Waals surface area contributed by atoms with Gasteiger partial charge in [0.15, 0.2) is 0 Å². The molecule has 3 aromatic heterocycles. The lowest BCUT2D eigenvalue weighted by atomic mass is 10.0. The zero-order chi connectivity index (χ0) is 31.7. The van der Waals surface area contributed by atoms with E-state index in [1.54, 1.807) is 37.3 Å². The minimum atomic E-state index is -3.83. The third-order valence-electron chi connectivity index (χ3n) is 6.27. The molecule has 5 aromatic rings. The van der Waals surface area contributed by atoms with Crippen molar-refractivity contribution in [3.05, 3.63) is 103 Å². The van der Waals surface area contributed by atoms with Crippen LogP contribution in [0.15, 0.2) is 91.4 Å². The summed E-state index contributed by atoms with van der Waals surface area (Å²) in [4.78, 5) is 22.3. The van der Waals surface area contributed by atoms with Gasteiger partial charge in [-0.2, -0.15) is 5.10 Å². The first-order valence-electron chi connectivity index (χ1n) is 13.7. The Morgan fingerprint density at radius 1 is 0.955 bits per heavy atom. The maximum Gasteiger partial charge on any atom is 0.487 e. The number of aryl methyl sites for hydroxylation is 1. The Morgan fingerprint density at radius 2 is 1.66 bits per heavy atom. The van der Waals surface area contributed by atoms with Gasteiger partial charge in [-0.15, -0.1) is 8.78 Å². The summed E-state index contributed by atoms with van der Waals surface area (Å²) in [6, 6.07) is 20.5. The quantitative estimate of drug-likeness (QED) is 0.155. The number of aromatic nitrogens is 4. The number of nitrogens with one attached hydrogen (secondary N) is 2. The lowest BCUT2D eigenvalue weighted by molar-refractivity contribution is -0.0964. The molecule has 3 heterocycles. The summed E-state index contributed by atoms with van der Waals surface area (Å²) in [6.07, 6.45) is 4.84. The highest BCUT2D eigenvalue weighted by atomic mass is 35.5. The number of anilines is 2. The third-order valence-corrected chi connectivity index (χ3v) is 6.34. The van der Waals surface area contributed by atoms with Gasteiger partial charge >= 0.3 is 5.57 Å². The van der Waals surface area contributed by atoms with Crippen LogP contribution in [0.25, 0.3) is 22.5 Å². The van der Waals surface area contributed by atoms with E-state index in [1.807, 2.05) is 56.3 Å². The van der Waals surface area contributed by atoms with E-state index in [1.165, 1.54) is 30.5 Å². The van der Waals surface area contributed by atoms with Crippen LogP contribution in [0.5, 0.6) is 11.5 Å². The fourth-order valence-corrected chi connectivity index (χ4v) is 4.25. The maximum absolute atomic E-state index is 13.1. The fraction of sp³-hybridized carbons (Fsp3) is 0.188. The number of pyridine rings is 2. The molecule has 44 heavy (non-hydrogen) atoms. The van der Waals surface area contributed by atoms with Gasteiger partial charge in [-0.25, -0.2) is 4.98 Å². The molecule has 0 saturated heterocycles. The number of carbonyl (C=O) groups is 1. The van der Waals surface area contributed by atoms with Crippen LogP contribution >= 0.6 is 11.6 Å². The average molecular weight is 621 g/mol. The second-order valence-corrected chi connectivity index (χ2v) is 9.56. The lowest BCUT2D eigenvalue weighted by Crippen LogP contribution is -2.16. The summed E-state index contributed by atoms with van der Waals surface area (Å²) in [6.45, 7) is 4.58. The molecule has 228 valence electrons. The molecule has 0 saturated carbocycles. The minimum absolute atomic E-state index is 0.146. The topological polar surface area (TPSA) is 103 Å². The fourth-order valence-electron chi connectivity index (χ4n) is 4.16. The van der Waals surface area contributed by atoms with Gasteiger partial charge in [0.25, 0.3) is 5.91 Å². The van der Waals surface area contributed by atoms with Crippen LogP contribution in [-0.4, -0.2) is 38.3 Å². The number of halogens is 3. The predicted molar refractivity (Wildman–Crippen MR) is 167 cm³/mol. The van der Waals surface area contributed by atoms with Crippen LogP contribution < -0.4 is 20.1 Å². The van der Waals surface area contributed by atoms with Crippen LogP contribution in [0.1, 0.15) is 29.8 Å². The van der Waals surface area contributed by atoms with Crippen LogP contribution in [0.3, 0.4) is 0 Å². The third kappa shape index (κ3) is 8.29. The van der Waals surface area contributed by atoms with Crippen molar-refractivity contribution in [3.63, 3.8) is 0 Å². The van der Waals surface area contributed by atoms with E-state index in [4.69, 9.17) is 16.3 Å². The molecular formula is C32H31ClF2N6O3. The zero-order valence-electron chi connectivity index (χ0n) is 24.5. The highest BCUT2D eigenvalue weighted by Gasteiger charge is 2.27. The summed E-state index contributed by atoms with van der Waals surface area (Å²) < 4.78 is 37.0. The Labute approximate surface area is 258 Å². The Hall–Kier alpha value is -5.03. The van der Waals surface area contributed by atoms with Crippen LogP contribution in [0.2, 0.25) is 0 Å². The van der Waals surface area contributed by atoms with Gasteiger partial charge in [0.1, 0.15) is 17.3 Å². The monoisotopic (exact) mass is 620 g/mol. The summed E-state index contributed by atoms with van der Waals surface area (Å²) >= 11 is 4.81. The van der Waals surface area contributed by atoms with Crippen molar-refractivity contribution in [2.24, 2.45) is 7.05 Å². The number of methoxy groups -OCH3 is 1. The van der Waals surface area contributed by atoms with Crippen molar-refractivity contribution in [1.29, 1.82) is 0 Å². The molecule has 2 aromatic carbocycles. The van der Waals surface area contributed by atoms with Crippen molar-refractivity contribution in [1.82, 2.24) is 19.7 Å². The average Bonchev–Trinajstić information content (AvgIpc) is 3.47. The molecule has 0 spiro atoms. The van der Waals surface area contributed by atoms with Gasteiger partial charge in [-0.3, -0.25) is 14.5 Å². The molecule has 1 amide bonds. The van der Waals surface area contributed by atoms with Gasteiger partial charge < -0.3 is 20.1 Å². The van der Waals surface area contributed by atoms with Gasteiger partial charge in [-0.05, 0) is 66.2 Å². The first kappa shape index (κ1) is 31.9. The molecule has 0 aliphatic heterocycles. The molecule has 0 bridgehead atoms. The standard InChI is InChI=1S/C30H25ClF2N6O3.C2H6/c1-39-26(13-14-37-39)28-25(20-5-12-27(35-17-20)34-16-19-3-8-23(41-2)9-4-19)15-21(18-36-28)29(40)38-22-6-10-24(11-7-22)42-30(31,32)33;1-2/h3-15,17-18H,16H2,1-2H3,(H,34,35)(H,38,40);1-2H3. The Bertz CT molecular complexity index is 1670. The number of carbonyl (C=O) groups excluding carboxylic acids is 1. The molecule has 5 rings (SSSR count). The number of benzene rings is 2. The Balaban J connectivity index is 0.00000216. The smallest absolute Gasteiger partial charge is 0.487 e. The Morgan fingerprint density at radius 3 is 2.25 bits per heavy atom. The highest BCUT2D eigenvalue weighted by Crippen LogP contribution is 2.32. The first-order chi connectivity index (χ1) is 21.2. The van der Waals surface area contributed by atoms with E-state index >= 15 is 0 Å². The number of hydrogen-bond donors (Lipinski definition) is 2. The van der Waals surface area contributed by atoms with Gasteiger partial charge in [0.2, 0.25) is 0 Å². The van der Waals surface area contributed by atoms with Crippen molar-refractivity contribution in [2.75, 3.05) is 17.7 Å². The summed E-state index contributed by atoms with van der Waals surface area (Å²) in [5.74, 6) is 0.879. The summed E-state index contributed by atoms with van der Waals surface area (Å²) in [5.41, 5.74) is 0.688. The molecule has 9 nitrogen and oxygen atoms in total. The Kier molecular flexibility index (Phi) is 10.5. The van der Waals surface area contributed by atoms with Gasteiger partial charge in [-0.1, -0.05) is 26.0 Å². The number of alkyl halides is 3.